The molecule has 1 amide bonds. The second kappa shape index (κ2) is 9.55. The lowest BCUT2D eigenvalue weighted by molar-refractivity contribution is 0.0988. The highest BCUT2D eigenvalue weighted by molar-refractivity contribution is 6.01. The van der Waals surface area contributed by atoms with Crippen molar-refractivity contribution in [3.63, 3.8) is 0 Å². The van der Waals surface area contributed by atoms with Crippen LogP contribution in [0.4, 0.5) is 16.3 Å². The molecule has 32 heavy (non-hydrogen) atoms. The summed E-state index contributed by atoms with van der Waals surface area (Å²) in [7, 11) is 0. The summed E-state index contributed by atoms with van der Waals surface area (Å²) < 4.78 is 5.14. The number of Topliss-reactive ketones (excluding diaryl/α,β-unsaturated/α-hetero) is 1. The molecule has 0 radical (unpaired) electrons. The molecule has 1 saturated heterocycles. The lowest BCUT2D eigenvalue weighted by Gasteiger charge is -2.27. The molecular formula is C24H25N5O3. The van der Waals surface area contributed by atoms with E-state index in [1.807, 2.05) is 12.1 Å². The van der Waals surface area contributed by atoms with Crippen molar-refractivity contribution in [3.05, 3.63) is 65.7 Å². The molecule has 0 saturated carbocycles. The lowest BCUT2D eigenvalue weighted by Crippen LogP contribution is -2.38. The molecule has 0 unspecified atom stereocenters. The largest absolute Gasteiger partial charge is 0.449 e. The van der Waals surface area contributed by atoms with E-state index >= 15 is 0 Å². The number of cyclic esters (lactones) is 1. The lowest BCUT2D eigenvalue weighted by atomic mass is 10.0. The number of nitrogens with zero attached hydrogens (tertiary/aromatic N) is 4. The molecule has 4 rings (SSSR count). The Balaban J connectivity index is 1.59. The van der Waals surface area contributed by atoms with E-state index in [4.69, 9.17) is 10.5 Å². The molecule has 0 bridgehead atoms. The van der Waals surface area contributed by atoms with Crippen molar-refractivity contribution < 1.29 is 14.3 Å². The average molecular weight is 431 g/mol. The summed E-state index contributed by atoms with van der Waals surface area (Å²) in [5.74, 6) is -0.219. The average Bonchev–Trinajstić information content (AvgIpc) is 2.81. The molecule has 2 aromatic heterocycles. The summed E-state index contributed by atoms with van der Waals surface area (Å²) in [6, 6.07) is 9.76. The van der Waals surface area contributed by atoms with Crippen LogP contribution < -0.4 is 10.6 Å². The summed E-state index contributed by atoms with van der Waals surface area (Å²) >= 11 is 0. The topological polar surface area (TPSA) is 111 Å². The van der Waals surface area contributed by atoms with Gasteiger partial charge in [-0.25, -0.2) is 14.8 Å². The van der Waals surface area contributed by atoms with Crippen LogP contribution in [0.1, 0.15) is 41.4 Å². The van der Waals surface area contributed by atoms with Gasteiger partial charge in [-0.2, -0.15) is 0 Å². The molecule has 0 aliphatic carbocycles. The van der Waals surface area contributed by atoms with E-state index in [1.54, 1.807) is 24.7 Å². The minimum atomic E-state index is -0.427. The van der Waals surface area contributed by atoms with Gasteiger partial charge in [-0.3, -0.25) is 14.7 Å². The SMILES string of the molecule is CCCc1ccc(-c2cnc(N)c(C(=O)Cc3cnccc3N3CCCOC3=O)n2)cc1. The van der Waals surface area contributed by atoms with Gasteiger partial charge in [0.1, 0.15) is 5.69 Å². The third-order valence-corrected chi connectivity index (χ3v) is 5.34. The van der Waals surface area contributed by atoms with E-state index in [-0.39, 0.29) is 23.7 Å². The summed E-state index contributed by atoms with van der Waals surface area (Å²) in [4.78, 5) is 39.7. The fraction of sp³-hybridized carbons (Fsp3) is 0.292. The van der Waals surface area contributed by atoms with Crippen LogP contribution in [0.2, 0.25) is 0 Å². The summed E-state index contributed by atoms with van der Waals surface area (Å²) in [6.45, 7) is 3.06. The molecule has 8 nitrogen and oxygen atoms in total. The van der Waals surface area contributed by atoms with Crippen molar-refractivity contribution in [2.24, 2.45) is 0 Å². The molecule has 0 spiro atoms. The number of rotatable bonds is 7. The number of ketones is 1. The van der Waals surface area contributed by atoms with Crippen LogP contribution in [-0.4, -0.2) is 40.0 Å². The van der Waals surface area contributed by atoms with Crippen LogP contribution in [0.5, 0.6) is 0 Å². The number of ether oxygens (including phenoxy) is 1. The number of anilines is 2. The number of aromatic nitrogens is 3. The van der Waals surface area contributed by atoms with E-state index < -0.39 is 6.09 Å². The Morgan fingerprint density at radius 2 is 2.00 bits per heavy atom. The molecular weight excluding hydrogens is 406 g/mol. The molecule has 0 atom stereocenters. The first-order chi connectivity index (χ1) is 15.6. The standard InChI is InChI=1S/C24H25N5O3/c1-2-4-16-5-7-17(8-6-16)19-15-27-23(25)22(28-19)21(30)13-18-14-26-10-9-20(18)29-11-3-12-32-24(29)31/h5-10,14-15H,2-4,11-13H2,1H3,(H2,25,27). The number of benzene rings is 1. The maximum Gasteiger partial charge on any atom is 0.414 e. The highest BCUT2D eigenvalue weighted by Gasteiger charge is 2.25. The second-order valence-corrected chi connectivity index (χ2v) is 7.66. The van der Waals surface area contributed by atoms with E-state index in [9.17, 15) is 9.59 Å². The molecule has 3 heterocycles. The highest BCUT2D eigenvalue weighted by atomic mass is 16.6. The third kappa shape index (κ3) is 4.59. The van der Waals surface area contributed by atoms with Gasteiger partial charge in [-0.05, 0) is 24.5 Å². The molecule has 8 heteroatoms. The fourth-order valence-corrected chi connectivity index (χ4v) is 3.72. The number of hydrogen-bond donors (Lipinski definition) is 1. The highest BCUT2D eigenvalue weighted by Crippen LogP contribution is 2.25. The smallest absolute Gasteiger partial charge is 0.414 e. The van der Waals surface area contributed by atoms with Crippen LogP contribution in [0.15, 0.2) is 48.9 Å². The first kappa shape index (κ1) is 21.4. The monoisotopic (exact) mass is 431 g/mol. The van der Waals surface area contributed by atoms with Crippen LogP contribution in [-0.2, 0) is 17.6 Å². The molecule has 1 aromatic carbocycles. The first-order valence-electron chi connectivity index (χ1n) is 10.7. The molecule has 3 aromatic rings. The summed E-state index contributed by atoms with van der Waals surface area (Å²) in [5, 5.41) is 0. The van der Waals surface area contributed by atoms with Gasteiger partial charge in [-0.15, -0.1) is 0 Å². The van der Waals surface area contributed by atoms with Crippen LogP contribution in [0, 0.1) is 0 Å². The van der Waals surface area contributed by atoms with Crippen molar-refractivity contribution in [2.75, 3.05) is 23.8 Å². The van der Waals surface area contributed by atoms with Crippen LogP contribution in [0.25, 0.3) is 11.3 Å². The van der Waals surface area contributed by atoms with Gasteiger partial charge in [0.25, 0.3) is 0 Å². The quantitative estimate of drug-likeness (QED) is 0.566. The Labute approximate surface area is 186 Å². The van der Waals surface area contributed by atoms with Gasteiger partial charge in [0, 0.05) is 36.5 Å². The zero-order chi connectivity index (χ0) is 22.5. The predicted octanol–water partition coefficient (Wildman–Crippen LogP) is 3.85. The molecule has 1 aliphatic heterocycles. The Hall–Kier alpha value is -3.81. The van der Waals surface area contributed by atoms with E-state index in [2.05, 4.69) is 34.0 Å². The van der Waals surface area contributed by atoms with E-state index in [0.717, 1.165) is 24.8 Å². The van der Waals surface area contributed by atoms with E-state index in [0.29, 0.717) is 30.1 Å². The molecule has 1 aliphatic rings. The van der Waals surface area contributed by atoms with Gasteiger partial charge < -0.3 is 10.5 Å². The molecule has 2 N–H and O–H groups in total. The number of carbonyl (C=O) groups is 2. The minimum Gasteiger partial charge on any atom is -0.449 e. The van der Waals surface area contributed by atoms with Crippen molar-refractivity contribution in [1.29, 1.82) is 0 Å². The molecule has 164 valence electrons. The second-order valence-electron chi connectivity index (χ2n) is 7.66. The third-order valence-electron chi connectivity index (χ3n) is 5.34. The van der Waals surface area contributed by atoms with Gasteiger partial charge >= 0.3 is 6.09 Å². The Bertz CT molecular complexity index is 1130. The van der Waals surface area contributed by atoms with Crippen molar-refractivity contribution in [1.82, 2.24) is 15.0 Å². The van der Waals surface area contributed by atoms with Crippen molar-refractivity contribution in [3.8, 4) is 11.3 Å². The zero-order valence-corrected chi connectivity index (χ0v) is 18.0. The van der Waals surface area contributed by atoms with Crippen LogP contribution in [0.3, 0.4) is 0 Å². The summed E-state index contributed by atoms with van der Waals surface area (Å²) in [6.07, 6.45) is 7.10. The maximum atomic E-state index is 13.1. The summed E-state index contributed by atoms with van der Waals surface area (Å²) in [5.41, 5.74) is 10.0. The number of aryl methyl sites for hydroxylation is 1. The van der Waals surface area contributed by atoms with Crippen molar-refractivity contribution in [2.45, 2.75) is 32.6 Å². The number of nitrogens with two attached hydrogens (primary N) is 1. The van der Waals surface area contributed by atoms with Gasteiger partial charge in [0.15, 0.2) is 11.6 Å². The van der Waals surface area contributed by atoms with Crippen molar-refractivity contribution >= 4 is 23.4 Å². The van der Waals surface area contributed by atoms with E-state index in [1.165, 1.54) is 10.5 Å². The Kier molecular flexibility index (Phi) is 6.39. The number of nitrogen functional groups attached to an aromatic ring is 1. The predicted molar refractivity (Wildman–Crippen MR) is 121 cm³/mol. The van der Waals surface area contributed by atoms with Gasteiger partial charge in [0.2, 0.25) is 0 Å². The van der Waals surface area contributed by atoms with Crippen LogP contribution >= 0.6 is 0 Å². The Morgan fingerprint density at radius 3 is 2.75 bits per heavy atom. The van der Waals surface area contributed by atoms with Gasteiger partial charge in [0.05, 0.1) is 24.2 Å². The Morgan fingerprint density at radius 1 is 1.19 bits per heavy atom. The number of hydrogen-bond acceptors (Lipinski definition) is 7. The maximum absolute atomic E-state index is 13.1. The first-order valence-corrected chi connectivity index (χ1v) is 10.7. The number of carbonyl (C=O) groups excluding carboxylic acids is 2. The molecule has 1 fully saturated rings. The number of pyridine rings is 1. The fourth-order valence-electron chi connectivity index (χ4n) is 3.72. The van der Waals surface area contributed by atoms with Gasteiger partial charge in [-0.1, -0.05) is 37.6 Å². The zero-order valence-electron chi connectivity index (χ0n) is 18.0. The minimum absolute atomic E-state index is 0.00920. The normalized spacial score (nSPS) is 13.7. The number of amides is 1.